The summed E-state index contributed by atoms with van der Waals surface area (Å²) in [6.07, 6.45) is -2.86. The number of nitriles is 1. The monoisotopic (exact) mass is 298 g/mol. The molecule has 13 heavy (non-hydrogen) atoms. The van der Waals surface area contributed by atoms with Crippen molar-refractivity contribution in [1.82, 2.24) is 4.98 Å². The van der Waals surface area contributed by atoms with Gasteiger partial charge in [-0.1, -0.05) is 0 Å². The van der Waals surface area contributed by atoms with Crippen molar-refractivity contribution in [3.8, 4) is 6.07 Å². The van der Waals surface area contributed by atoms with Crippen LogP contribution in [0.25, 0.3) is 0 Å². The van der Waals surface area contributed by atoms with Crippen molar-refractivity contribution in [2.75, 3.05) is 0 Å². The normalized spacial score (nSPS) is 10.2. The van der Waals surface area contributed by atoms with Gasteiger partial charge in [-0.2, -0.15) is 5.26 Å². The molecule has 0 saturated heterocycles. The third-order valence-corrected chi connectivity index (χ3v) is 2.05. The Morgan fingerprint density at radius 3 is 2.62 bits per heavy atom. The Hall–Kier alpha value is -0.840. The lowest BCUT2D eigenvalue weighted by atomic mass is 10.2. The lowest BCUT2D eigenvalue weighted by Gasteiger charge is -2.02. The predicted molar refractivity (Wildman–Crippen MR) is 46.6 cm³/mol. The molecular formula is C7H2F3IN2. The summed E-state index contributed by atoms with van der Waals surface area (Å²) in [6, 6.07) is 2.22. The average molecular weight is 298 g/mol. The van der Waals surface area contributed by atoms with Crippen LogP contribution in [0.1, 0.15) is 17.7 Å². The number of nitrogens with zero attached hydrogens (tertiary/aromatic N) is 2. The van der Waals surface area contributed by atoms with Crippen LogP contribution in [0.5, 0.6) is 0 Å². The Kier molecular flexibility index (Phi) is 3.08. The van der Waals surface area contributed by atoms with Gasteiger partial charge in [-0.3, -0.25) is 0 Å². The van der Waals surface area contributed by atoms with Crippen molar-refractivity contribution in [1.29, 1.82) is 5.26 Å². The van der Waals surface area contributed by atoms with E-state index in [9.17, 15) is 13.2 Å². The Morgan fingerprint density at radius 1 is 1.54 bits per heavy atom. The summed E-state index contributed by atoms with van der Waals surface area (Å²) in [6.45, 7) is 0. The van der Waals surface area contributed by atoms with Gasteiger partial charge in [0.2, 0.25) is 0 Å². The van der Waals surface area contributed by atoms with Gasteiger partial charge in [-0.05, 0) is 28.7 Å². The first-order valence-corrected chi connectivity index (χ1v) is 4.18. The van der Waals surface area contributed by atoms with Gasteiger partial charge in [0, 0.05) is 0 Å². The highest BCUT2D eigenvalue weighted by atomic mass is 127. The minimum Gasteiger partial charge on any atom is -0.236 e. The first-order valence-electron chi connectivity index (χ1n) is 3.10. The minimum absolute atomic E-state index is 0.160. The van der Waals surface area contributed by atoms with Gasteiger partial charge in [-0.25, -0.2) is 18.2 Å². The fourth-order valence-electron chi connectivity index (χ4n) is 0.735. The van der Waals surface area contributed by atoms with Crippen molar-refractivity contribution in [3.63, 3.8) is 0 Å². The summed E-state index contributed by atoms with van der Waals surface area (Å²) < 4.78 is 37.0. The molecule has 0 saturated carbocycles. The molecule has 68 valence electrons. The standard InChI is InChI=1S/C7H2F3IN2/c8-4-1-3(2-12)5(6(9)10)13-7(4)11/h1,6H. The van der Waals surface area contributed by atoms with Crippen LogP contribution in [0.4, 0.5) is 13.2 Å². The topological polar surface area (TPSA) is 36.7 Å². The maximum atomic E-state index is 12.7. The van der Waals surface area contributed by atoms with Gasteiger partial charge in [0.05, 0.1) is 5.56 Å². The summed E-state index contributed by atoms with van der Waals surface area (Å²) in [5.74, 6) is -0.762. The lowest BCUT2D eigenvalue weighted by Crippen LogP contribution is -2.00. The van der Waals surface area contributed by atoms with Crippen molar-refractivity contribution in [3.05, 3.63) is 26.8 Å². The summed E-state index contributed by atoms with van der Waals surface area (Å²) in [7, 11) is 0. The van der Waals surface area contributed by atoms with E-state index in [-0.39, 0.29) is 3.70 Å². The smallest absolute Gasteiger partial charge is 0.236 e. The molecule has 1 heterocycles. The van der Waals surface area contributed by atoms with E-state index in [4.69, 9.17) is 5.26 Å². The van der Waals surface area contributed by atoms with E-state index in [1.807, 2.05) is 0 Å². The Bertz CT molecular complexity index is 373. The Balaban J connectivity index is 3.35. The van der Waals surface area contributed by atoms with E-state index in [2.05, 4.69) is 4.98 Å². The van der Waals surface area contributed by atoms with E-state index in [0.717, 1.165) is 6.07 Å². The number of hydrogen-bond acceptors (Lipinski definition) is 2. The van der Waals surface area contributed by atoms with Crippen LogP contribution >= 0.6 is 22.6 Å². The average Bonchev–Trinajstić information content (AvgIpc) is 2.08. The van der Waals surface area contributed by atoms with Gasteiger partial charge < -0.3 is 0 Å². The van der Waals surface area contributed by atoms with E-state index < -0.39 is 23.5 Å². The van der Waals surface area contributed by atoms with Crippen molar-refractivity contribution < 1.29 is 13.2 Å². The molecule has 0 aliphatic rings. The van der Waals surface area contributed by atoms with Crippen LogP contribution in [-0.2, 0) is 0 Å². The van der Waals surface area contributed by atoms with E-state index in [1.165, 1.54) is 28.7 Å². The third-order valence-electron chi connectivity index (χ3n) is 1.29. The summed E-state index contributed by atoms with van der Waals surface area (Å²) in [5.41, 5.74) is -1.10. The van der Waals surface area contributed by atoms with Crippen molar-refractivity contribution in [2.24, 2.45) is 0 Å². The van der Waals surface area contributed by atoms with Gasteiger partial charge >= 0.3 is 0 Å². The molecule has 0 atom stereocenters. The highest BCUT2D eigenvalue weighted by molar-refractivity contribution is 14.1. The zero-order chi connectivity index (χ0) is 10.0. The fourth-order valence-corrected chi connectivity index (χ4v) is 1.15. The fraction of sp³-hybridized carbons (Fsp3) is 0.143. The Morgan fingerprint density at radius 2 is 2.15 bits per heavy atom. The highest BCUT2D eigenvalue weighted by Crippen LogP contribution is 2.22. The van der Waals surface area contributed by atoms with Crippen LogP contribution in [0, 0.1) is 20.8 Å². The van der Waals surface area contributed by atoms with E-state index in [1.54, 1.807) is 0 Å². The molecule has 0 amide bonds. The second-order valence-electron chi connectivity index (χ2n) is 2.11. The Labute approximate surface area is 85.5 Å². The number of halogens is 4. The third kappa shape index (κ3) is 2.09. The second-order valence-corrected chi connectivity index (χ2v) is 3.13. The molecule has 1 aromatic rings. The quantitative estimate of drug-likeness (QED) is 0.590. The molecule has 0 unspecified atom stereocenters. The molecule has 1 aromatic heterocycles. The molecule has 0 fully saturated rings. The number of pyridine rings is 1. The zero-order valence-electron chi connectivity index (χ0n) is 6.06. The first-order chi connectivity index (χ1) is 6.06. The molecular weight excluding hydrogens is 296 g/mol. The van der Waals surface area contributed by atoms with Gasteiger partial charge in [-0.15, -0.1) is 0 Å². The highest BCUT2D eigenvalue weighted by Gasteiger charge is 2.17. The van der Waals surface area contributed by atoms with Gasteiger partial charge in [0.1, 0.15) is 15.5 Å². The number of rotatable bonds is 1. The van der Waals surface area contributed by atoms with Crippen molar-refractivity contribution >= 4 is 22.6 Å². The number of hydrogen-bond donors (Lipinski definition) is 0. The van der Waals surface area contributed by atoms with Crippen LogP contribution < -0.4 is 0 Å². The molecule has 0 aromatic carbocycles. The SMILES string of the molecule is N#Cc1cc(F)c(I)nc1C(F)F. The largest absolute Gasteiger partial charge is 0.281 e. The molecule has 0 radical (unpaired) electrons. The summed E-state index contributed by atoms with van der Waals surface area (Å²) >= 11 is 1.49. The maximum absolute atomic E-state index is 12.7. The second kappa shape index (κ2) is 3.91. The van der Waals surface area contributed by atoms with Crippen LogP contribution in [-0.4, -0.2) is 4.98 Å². The van der Waals surface area contributed by atoms with Crippen LogP contribution in [0.2, 0.25) is 0 Å². The molecule has 0 bridgehead atoms. The first kappa shape index (κ1) is 10.2. The lowest BCUT2D eigenvalue weighted by molar-refractivity contribution is 0.145. The molecule has 2 nitrogen and oxygen atoms in total. The molecule has 0 spiro atoms. The minimum atomic E-state index is -2.86. The van der Waals surface area contributed by atoms with Gasteiger partial charge in [0.25, 0.3) is 6.43 Å². The maximum Gasteiger partial charge on any atom is 0.281 e. The number of aromatic nitrogens is 1. The van der Waals surface area contributed by atoms with E-state index >= 15 is 0 Å². The van der Waals surface area contributed by atoms with Crippen molar-refractivity contribution in [2.45, 2.75) is 6.43 Å². The molecule has 6 heteroatoms. The number of alkyl halides is 2. The van der Waals surface area contributed by atoms with Crippen LogP contribution in [0.3, 0.4) is 0 Å². The van der Waals surface area contributed by atoms with Crippen LogP contribution in [0.15, 0.2) is 6.07 Å². The molecule has 0 N–H and O–H groups in total. The van der Waals surface area contributed by atoms with E-state index in [0.29, 0.717) is 0 Å². The summed E-state index contributed by atoms with van der Waals surface area (Å²) in [5, 5.41) is 8.39. The van der Waals surface area contributed by atoms with Gasteiger partial charge in [0.15, 0.2) is 5.82 Å². The summed E-state index contributed by atoms with van der Waals surface area (Å²) in [4.78, 5) is 3.28. The molecule has 0 aliphatic carbocycles. The molecule has 1 rings (SSSR count). The molecule has 0 aliphatic heterocycles. The predicted octanol–water partition coefficient (Wildman–Crippen LogP) is 2.63. The zero-order valence-corrected chi connectivity index (χ0v) is 8.22.